The molecular formula is C15H13FN2O3. The highest BCUT2D eigenvalue weighted by Gasteiger charge is 2.14. The van der Waals surface area contributed by atoms with Crippen LogP contribution in [0.3, 0.4) is 0 Å². The summed E-state index contributed by atoms with van der Waals surface area (Å²) < 4.78 is 13.6. The fraction of sp³-hybridized carbons (Fsp3) is 0.0667. The molecule has 0 radical (unpaired) electrons. The van der Waals surface area contributed by atoms with Crippen LogP contribution in [0, 0.1) is 5.82 Å². The van der Waals surface area contributed by atoms with Crippen LogP contribution < -0.4 is 5.32 Å². The zero-order chi connectivity index (χ0) is 15.4. The van der Waals surface area contributed by atoms with Gasteiger partial charge in [-0.15, -0.1) is 0 Å². The summed E-state index contributed by atoms with van der Waals surface area (Å²) >= 11 is 0. The van der Waals surface area contributed by atoms with Crippen LogP contribution in [0.4, 0.5) is 10.1 Å². The first kappa shape index (κ1) is 14.5. The number of carbonyl (C=O) groups excluding carboxylic acids is 1. The Kier molecular flexibility index (Phi) is 4.18. The van der Waals surface area contributed by atoms with E-state index >= 15 is 0 Å². The fourth-order valence-electron chi connectivity index (χ4n) is 1.84. The Morgan fingerprint density at radius 1 is 1.19 bits per heavy atom. The highest BCUT2D eigenvalue weighted by Crippen LogP contribution is 2.20. The van der Waals surface area contributed by atoms with Crippen molar-refractivity contribution in [2.24, 2.45) is 5.16 Å². The van der Waals surface area contributed by atoms with Gasteiger partial charge in [0, 0.05) is 11.6 Å². The predicted molar refractivity (Wildman–Crippen MR) is 76.5 cm³/mol. The quantitative estimate of drug-likeness (QED) is 0.461. The maximum Gasteiger partial charge on any atom is 0.258 e. The number of oxime groups is 1. The molecule has 2 aromatic carbocycles. The van der Waals surface area contributed by atoms with Gasteiger partial charge in [-0.2, -0.15) is 0 Å². The van der Waals surface area contributed by atoms with Crippen molar-refractivity contribution < 1.29 is 19.5 Å². The lowest BCUT2D eigenvalue weighted by Crippen LogP contribution is -2.15. The molecule has 108 valence electrons. The van der Waals surface area contributed by atoms with Crippen LogP contribution in [-0.4, -0.2) is 21.9 Å². The van der Waals surface area contributed by atoms with Crippen molar-refractivity contribution in [2.75, 3.05) is 5.32 Å². The van der Waals surface area contributed by atoms with Crippen LogP contribution in [-0.2, 0) is 0 Å². The molecule has 0 unspecified atom stereocenters. The molecule has 1 amide bonds. The Morgan fingerprint density at radius 3 is 2.57 bits per heavy atom. The fourth-order valence-corrected chi connectivity index (χ4v) is 1.84. The van der Waals surface area contributed by atoms with Crippen molar-refractivity contribution in [1.82, 2.24) is 0 Å². The first-order valence-electron chi connectivity index (χ1n) is 6.11. The van der Waals surface area contributed by atoms with Crippen molar-refractivity contribution >= 4 is 17.3 Å². The van der Waals surface area contributed by atoms with E-state index in [-0.39, 0.29) is 11.3 Å². The van der Waals surface area contributed by atoms with E-state index in [1.807, 2.05) is 0 Å². The molecule has 6 heteroatoms. The van der Waals surface area contributed by atoms with Crippen LogP contribution >= 0.6 is 0 Å². The van der Waals surface area contributed by atoms with Crippen LogP contribution in [0.2, 0.25) is 0 Å². The van der Waals surface area contributed by atoms with Crippen LogP contribution in [0.25, 0.3) is 0 Å². The second-order valence-electron chi connectivity index (χ2n) is 4.35. The van der Waals surface area contributed by atoms with Gasteiger partial charge in [0.1, 0.15) is 11.6 Å². The Labute approximate surface area is 120 Å². The second-order valence-corrected chi connectivity index (χ2v) is 4.35. The van der Waals surface area contributed by atoms with Gasteiger partial charge in [-0.3, -0.25) is 4.79 Å². The molecule has 0 heterocycles. The zero-order valence-corrected chi connectivity index (χ0v) is 11.2. The van der Waals surface area contributed by atoms with Crippen LogP contribution in [0.5, 0.6) is 5.75 Å². The molecule has 2 aromatic rings. The van der Waals surface area contributed by atoms with E-state index in [4.69, 9.17) is 10.3 Å². The van der Waals surface area contributed by atoms with Gasteiger partial charge in [0.25, 0.3) is 5.91 Å². The van der Waals surface area contributed by atoms with Gasteiger partial charge in [0.2, 0.25) is 0 Å². The van der Waals surface area contributed by atoms with E-state index in [1.165, 1.54) is 12.1 Å². The minimum Gasteiger partial charge on any atom is -0.508 e. The molecular weight excluding hydrogens is 275 g/mol. The average Bonchev–Trinajstić information content (AvgIpc) is 2.46. The number of benzene rings is 2. The number of carbonyl (C=O) groups is 1. The minimum absolute atomic E-state index is 0.193. The van der Waals surface area contributed by atoms with Crippen LogP contribution in [0.15, 0.2) is 47.6 Å². The van der Waals surface area contributed by atoms with Gasteiger partial charge in [-0.05, 0) is 25.1 Å². The second kappa shape index (κ2) is 6.04. The molecule has 0 saturated carbocycles. The molecule has 21 heavy (non-hydrogen) atoms. The van der Waals surface area contributed by atoms with Crippen molar-refractivity contribution in [2.45, 2.75) is 6.92 Å². The van der Waals surface area contributed by atoms with Crippen molar-refractivity contribution in [3.63, 3.8) is 0 Å². The largest absolute Gasteiger partial charge is 0.508 e. The number of hydrogen-bond donors (Lipinski definition) is 3. The third kappa shape index (κ3) is 3.17. The third-order valence-corrected chi connectivity index (χ3v) is 2.91. The number of aromatic hydroxyl groups is 1. The van der Waals surface area contributed by atoms with Gasteiger partial charge in [-0.25, -0.2) is 4.39 Å². The van der Waals surface area contributed by atoms with E-state index < -0.39 is 11.7 Å². The monoisotopic (exact) mass is 288 g/mol. The molecule has 0 spiro atoms. The summed E-state index contributed by atoms with van der Waals surface area (Å²) in [6.07, 6.45) is 0. The van der Waals surface area contributed by atoms with E-state index in [2.05, 4.69) is 10.5 Å². The lowest BCUT2D eigenvalue weighted by atomic mass is 10.1. The highest BCUT2D eigenvalue weighted by atomic mass is 19.1. The number of hydrogen-bond acceptors (Lipinski definition) is 4. The number of nitrogens with one attached hydrogen (secondary N) is 1. The molecule has 5 nitrogen and oxygen atoms in total. The Bertz CT molecular complexity index is 714. The Hall–Kier alpha value is -2.89. The molecule has 2 rings (SSSR count). The smallest absolute Gasteiger partial charge is 0.258 e. The number of phenols is 1. The lowest BCUT2D eigenvalue weighted by Gasteiger charge is -2.10. The summed E-state index contributed by atoms with van der Waals surface area (Å²) in [5.74, 6) is -1.74. The number of halogens is 1. The molecule has 0 saturated heterocycles. The van der Waals surface area contributed by atoms with Crippen LogP contribution in [0.1, 0.15) is 22.8 Å². The molecule has 0 aliphatic rings. The van der Waals surface area contributed by atoms with Gasteiger partial charge in [-0.1, -0.05) is 23.4 Å². The molecule has 0 aliphatic carbocycles. The standard InChI is InChI=1S/C15H13FN2O3/c1-9(18-21)11-4-2-3-5-14(11)17-15(20)12-7-6-10(19)8-13(12)16/h2-8,19,21H,1H3,(H,17,20)/b18-9-. The minimum atomic E-state index is -0.822. The summed E-state index contributed by atoms with van der Waals surface area (Å²) in [7, 11) is 0. The summed E-state index contributed by atoms with van der Waals surface area (Å²) in [6, 6.07) is 9.97. The molecule has 0 bridgehead atoms. The molecule has 0 fully saturated rings. The van der Waals surface area contributed by atoms with Crippen molar-refractivity contribution in [3.05, 3.63) is 59.4 Å². The number of para-hydroxylation sites is 1. The molecule has 0 aromatic heterocycles. The summed E-state index contributed by atoms with van der Waals surface area (Å²) in [4.78, 5) is 12.1. The van der Waals surface area contributed by atoms with E-state index in [0.717, 1.165) is 6.07 Å². The summed E-state index contributed by atoms with van der Waals surface area (Å²) in [6.45, 7) is 1.58. The summed E-state index contributed by atoms with van der Waals surface area (Å²) in [5, 5.41) is 23.6. The van der Waals surface area contributed by atoms with E-state index in [9.17, 15) is 9.18 Å². The maximum atomic E-state index is 13.6. The summed E-state index contributed by atoms with van der Waals surface area (Å²) in [5.41, 5.74) is 1.04. The SMILES string of the molecule is C/C(=N/O)c1ccccc1NC(=O)c1ccc(O)cc1F. The third-order valence-electron chi connectivity index (χ3n) is 2.91. The number of amides is 1. The van der Waals surface area contributed by atoms with E-state index in [0.29, 0.717) is 17.0 Å². The first-order chi connectivity index (χ1) is 10.0. The predicted octanol–water partition coefficient (Wildman–Crippen LogP) is 2.98. The number of anilines is 1. The Morgan fingerprint density at radius 2 is 1.90 bits per heavy atom. The zero-order valence-electron chi connectivity index (χ0n) is 11.2. The number of rotatable bonds is 3. The van der Waals surface area contributed by atoms with Crippen molar-refractivity contribution in [3.8, 4) is 5.75 Å². The van der Waals surface area contributed by atoms with Gasteiger partial charge >= 0.3 is 0 Å². The van der Waals surface area contributed by atoms with Gasteiger partial charge < -0.3 is 15.6 Å². The topological polar surface area (TPSA) is 81.9 Å². The molecule has 3 N–H and O–H groups in total. The number of nitrogens with zero attached hydrogens (tertiary/aromatic N) is 1. The average molecular weight is 288 g/mol. The highest BCUT2D eigenvalue weighted by molar-refractivity contribution is 6.10. The molecule has 0 atom stereocenters. The normalized spacial score (nSPS) is 11.2. The Balaban J connectivity index is 2.32. The van der Waals surface area contributed by atoms with Crippen molar-refractivity contribution in [1.29, 1.82) is 0 Å². The first-order valence-corrected chi connectivity index (χ1v) is 6.11. The van der Waals surface area contributed by atoms with Gasteiger partial charge in [0.05, 0.1) is 17.0 Å². The van der Waals surface area contributed by atoms with Gasteiger partial charge in [0.15, 0.2) is 0 Å². The lowest BCUT2D eigenvalue weighted by molar-refractivity contribution is 0.102. The van der Waals surface area contributed by atoms with E-state index in [1.54, 1.807) is 31.2 Å². The maximum absolute atomic E-state index is 13.6. The molecule has 0 aliphatic heterocycles. The number of phenolic OH excluding ortho intramolecular Hbond substituents is 1.